The van der Waals surface area contributed by atoms with Crippen molar-refractivity contribution >= 4 is 5.97 Å². The zero-order valence-corrected chi connectivity index (χ0v) is 7.18. The molecule has 0 atom stereocenters. The van der Waals surface area contributed by atoms with Crippen molar-refractivity contribution in [3.05, 3.63) is 0 Å². The van der Waals surface area contributed by atoms with Gasteiger partial charge in [-0.15, -0.1) is 0 Å². The minimum absolute atomic E-state index is 0.00347. The van der Waals surface area contributed by atoms with Gasteiger partial charge in [0.1, 0.15) is 6.54 Å². The van der Waals surface area contributed by atoms with E-state index in [2.05, 4.69) is 10.9 Å². The Kier molecular flexibility index (Phi) is 4.04. The summed E-state index contributed by atoms with van der Waals surface area (Å²) < 4.78 is 0. The summed E-state index contributed by atoms with van der Waals surface area (Å²) >= 11 is 0. The number of hydrazine groups is 1. The zero-order valence-electron chi connectivity index (χ0n) is 7.18. The average Bonchev–Trinajstić information content (AvgIpc) is 2.05. The number of hydrogen-bond acceptors (Lipinski definition) is 3. The van der Waals surface area contributed by atoms with Gasteiger partial charge >= 0.3 is 5.97 Å². The maximum atomic E-state index is 10.1. The van der Waals surface area contributed by atoms with Crippen molar-refractivity contribution in [1.29, 1.82) is 0 Å². The van der Waals surface area contributed by atoms with E-state index >= 15 is 0 Å². The number of carboxylic acid groups (broad SMARTS) is 1. The fraction of sp³-hybridized carbons (Fsp3) is 0.875. The lowest BCUT2D eigenvalue weighted by Crippen LogP contribution is -2.44. The highest BCUT2D eigenvalue weighted by Crippen LogP contribution is 2.16. The molecule has 1 saturated carbocycles. The number of hydrogen-bond donors (Lipinski definition) is 3. The fourth-order valence-electron chi connectivity index (χ4n) is 1.52. The molecule has 0 aliphatic heterocycles. The molecule has 0 aromatic carbocycles. The van der Waals surface area contributed by atoms with E-state index in [-0.39, 0.29) is 6.54 Å². The van der Waals surface area contributed by atoms with Crippen LogP contribution in [0.2, 0.25) is 0 Å². The van der Waals surface area contributed by atoms with Crippen LogP contribution in [0, 0.1) is 0 Å². The van der Waals surface area contributed by atoms with Crippen molar-refractivity contribution in [2.45, 2.75) is 38.1 Å². The lowest BCUT2D eigenvalue weighted by Gasteiger charge is -2.22. The predicted molar refractivity (Wildman–Crippen MR) is 45.6 cm³/mol. The molecule has 0 unspecified atom stereocenters. The van der Waals surface area contributed by atoms with E-state index in [9.17, 15) is 4.79 Å². The third-order valence-electron chi connectivity index (χ3n) is 2.15. The molecule has 1 aliphatic carbocycles. The van der Waals surface area contributed by atoms with E-state index in [1.165, 1.54) is 19.3 Å². The zero-order chi connectivity index (χ0) is 8.81. The molecule has 12 heavy (non-hydrogen) atoms. The highest BCUT2D eigenvalue weighted by molar-refractivity contribution is 5.68. The van der Waals surface area contributed by atoms with Crippen LogP contribution in [0.5, 0.6) is 0 Å². The normalized spacial score (nSPS) is 19.3. The Hall–Kier alpha value is -0.610. The van der Waals surface area contributed by atoms with Crippen LogP contribution in [-0.4, -0.2) is 23.7 Å². The van der Waals surface area contributed by atoms with Crippen LogP contribution in [0.15, 0.2) is 0 Å². The molecular formula is C8H16N2O2. The van der Waals surface area contributed by atoms with Crippen molar-refractivity contribution in [2.24, 2.45) is 0 Å². The molecule has 3 N–H and O–H groups in total. The van der Waals surface area contributed by atoms with E-state index in [1.807, 2.05) is 0 Å². The summed E-state index contributed by atoms with van der Waals surface area (Å²) in [6, 6.07) is 0.470. The minimum atomic E-state index is -0.821. The van der Waals surface area contributed by atoms with Crippen molar-refractivity contribution in [3.8, 4) is 0 Å². The Labute approximate surface area is 72.3 Å². The number of aliphatic carboxylic acids is 1. The van der Waals surface area contributed by atoms with Crippen LogP contribution in [-0.2, 0) is 4.79 Å². The first kappa shape index (κ1) is 9.48. The van der Waals surface area contributed by atoms with Gasteiger partial charge in [-0.1, -0.05) is 19.3 Å². The molecule has 0 bridgehead atoms. The topological polar surface area (TPSA) is 61.4 Å². The van der Waals surface area contributed by atoms with Gasteiger partial charge in [-0.25, -0.2) is 5.43 Å². The van der Waals surface area contributed by atoms with E-state index in [4.69, 9.17) is 5.11 Å². The predicted octanol–water partition coefficient (Wildman–Crippen LogP) is 0.498. The van der Waals surface area contributed by atoms with Crippen LogP contribution in [0.25, 0.3) is 0 Å². The van der Waals surface area contributed by atoms with Crippen LogP contribution in [0.3, 0.4) is 0 Å². The summed E-state index contributed by atoms with van der Waals surface area (Å²) in [6.45, 7) is -0.00347. The van der Waals surface area contributed by atoms with Gasteiger partial charge in [0.05, 0.1) is 0 Å². The van der Waals surface area contributed by atoms with E-state index < -0.39 is 5.97 Å². The van der Waals surface area contributed by atoms with Crippen LogP contribution < -0.4 is 10.9 Å². The molecule has 1 aliphatic rings. The molecule has 0 radical (unpaired) electrons. The first-order valence-corrected chi connectivity index (χ1v) is 4.49. The molecule has 0 saturated heterocycles. The Balaban J connectivity index is 2.01. The molecule has 4 heteroatoms. The number of carboxylic acids is 1. The molecule has 0 aromatic rings. The van der Waals surface area contributed by atoms with Crippen molar-refractivity contribution in [3.63, 3.8) is 0 Å². The van der Waals surface area contributed by atoms with Gasteiger partial charge in [0.2, 0.25) is 0 Å². The number of carbonyl (C=O) groups is 1. The van der Waals surface area contributed by atoms with Gasteiger partial charge in [-0.05, 0) is 12.8 Å². The number of nitrogens with one attached hydrogen (secondary N) is 2. The standard InChI is InChI=1S/C8H16N2O2/c11-8(12)6-9-10-7-4-2-1-3-5-7/h7,9-10H,1-6H2,(H,11,12). The van der Waals surface area contributed by atoms with Crippen LogP contribution in [0.1, 0.15) is 32.1 Å². The smallest absolute Gasteiger partial charge is 0.318 e. The third kappa shape index (κ3) is 3.69. The molecule has 70 valence electrons. The van der Waals surface area contributed by atoms with Gasteiger partial charge < -0.3 is 5.11 Å². The Morgan fingerprint density at radius 1 is 1.33 bits per heavy atom. The summed E-state index contributed by atoms with van der Waals surface area (Å²) in [7, 11) is 0. The summed E-state index contributed by atoms with van der Waals surface area (Å²) in [5, 5.41) is 8.34. The van der Waals surface area contributed by atoms with Gasteiger partial charge in [-0.2, -0.15) is 0 Å². The Bertz CT molecular complexity index is 144. The average molecular weight is 172 g/mol. The van der Waals surface area contributed by atoms with E-state index in [0.29, 0.717) is 6.04 Å². The molecule has 1 rings (SSSR count). The first-order chi connectivity index (χ1) is 5.79. The van der Waals surface area contributed by atoms with E-state index in [0.717, 1.165) is 12.8 Å². The molecule has 0 amide bonds. The van der Waals surface area contributed by atoms with Crippen LogP contribution in [0.4, 0.5) is 0 Å². The van der Waals surface area contributed by atoms with Crippen LogP contribution >= 0.6 is 0 Å². The maximum absolute atomic E-state index is 10.1. The van der Waals surface area contributed by atoms with Gasteiger partial charge in [0.15, 0.2) is 0 Å². The molecule has 0 aromatic heterocycles. The number of rotatable bonds is 4. The third-order valence-corrected chi connectivity index (χ3v) is 2.15. The largest absolute Gasteiger partial charge is 0.480 e. The fourth-order valence-corrected chi connectivity index (χ4v) is 1.52. The molecule has 4 nitrogen and oxygen atoms in total. The highest BCUT2D eigenvalue weighted by Gasteiger charge is 2.12. The Morgan fingerprint density at radius 2 is 2.00 bits per heavy atom. The van der Waals surface area contributed by atoms with Gasteiger partial charge in [0, 0.05) is 6.04 Å². The molecule has 1 fully saturated rings. The molecule has 0 spiro atoms. The van der Waals surface area contributed by atoms with Crippen molar-refractivity contribution in [1.82, 2.24) is 10.9 Å². The summed E-state index contributed by atoms with van der Waals surface area (Å²) in [6.07, 6.45) is 6.15. The SMILES string of the molecule is O=C(O)CNNC1CCCCC1. The van der Waals surface area contributed by atoms with Crippen molar-refractivity contribution in [2.75, 3.05) is 6.54 Å². The second-order valence-corrected chi connectivity index (χ2v) is 3.23. The van der Waals surface area contributed by atoms with Crippen molar-refractivity contribution < 1.29 is 9.90 Å². The quantitative estimate of drug-likeness (QED) is 0.540. The maximum Gasteiger partial charge on any atom is 0.318 e. The Morgan fingerprint density at radius 3 is 2.58 bits per heavy atom. The molecule has 0 heterocycles. The monoisotopic (exact) mass is 172 g/mol. The second-order valence-electron chi connectivity index (χ2n) is 3.23. The summed E-state index contributed by atoms with van der Waals surface area (Å²) in [5.74, 6) is -0.821. The minimum Gasteiger partial charge on any atom is -0.480 e. The van der Waals surface area contributed by atoms with E-state index in [1.54, 1.807) is 0 Å². The first-order valence-electron chi connectivity index (χ1n) is 4.49. The lowest BCUT2D eigenvalue weighted by atomic mass is 9.96. The van der Waals surface area contributed by atoms with Gasteiger partial charge in [0.25, 0.3) is 0 Å². The summed E-state index contributed by atoms with van der Waals surface area (Å²) in [4.78, 5) is 10.1. The summed E-state index contributed by atoms with van der Waals surface area (Å²) in [5.41, 5.74) is 5.73. The van der Waals surface area contributed by atoms with Gasteiger partial charge in [-0.3, -0.25) is 10.2 Å². The second kappa shape index (κ2) is 5.11. The lowest BCUT2D eigenvalue weighted by molar-refractivity contribution is -0.136. The highest BCUT2D eigenvalue weighted by atomic mass is 16.4. The molecular weight excluding hydrogens is 156 g/mol.